The number of benzene rings is 1. The number of hydrogen-bond donors (Lipinski definition) is 0. The molecule has 0 saturated heterocycles. The highest BCUT2D eigenvalue weighted by Gasteiger charge is 2.59. The van der Waals surface area contributed by atoms with Gasteiger partial charge in [0.05, 0.1) is 5.56 Å². The first kappa shape index (κ1) is 28.0. The zero-order valence-corrected chi connectivity index (χ0v) is 25.2. The van der Waals surface area contributed by atoms with Crippen molar-refractivity contribution in [3.8, 4) is 0 Å². The number of hydrogen-bond acceptors (Lipinski definition) is 2. The SMILES string of the molecule is CC[C@H](CC[C@@H](C)[C@H]1CC[C@H]2[C@@H]3CC=C4C[C@@H](OC(=O)c5ccccc5)CC[C@]4(C)[C@H]3CC[C@]12C)C(C)C. The first-order valence-corrected chi connectivity index (χ1v) is 16.1. The molecule has 5 rings (SSSR count). The molecule has 0 spiro atoms. The lowest BCUT2D eigenvalue weighted by Gasteiger charge is -2.58. The maximum atomic E-state index is 12.7. The maximum absolute atomic E-state index is 12.7. The van der Waals surface area contributed by atoms with Crippen molar-refractivity contribution in [2.75, 3.05) is 0 Å². The van der Waals surface area contributed by atoms with Gasteiger partial charge >= 0.3 is 5.97 Å². The Hall–Kier alpha value is -1.57. The average Bonchev–Trinajstić information content (AvgIpc) is 3.26. The Kier molecular flexibility index (Phi) is 8.19. The van der Waals surface area contributed by atoms with E-state index in [2.05, 4.69) is 47.6 Å². The van der Waals surface area contributed by atoms with Crippen molar-refractivity contribution < 1.29 is 9.53 Å². The van der Waals surface area contributed by atoms with Crippen molar-refractivity contribution in [3.63, 3.8) is 0 Å². The summed E-state index contributed by atoms with van der Waals surface area (Å²) in [6, 6.07) is 9.50. The summed E-state index contributed by atoms with van der Waals surface area (Å²) in [4.78, 5) is 12.7. The maximum Gasteiger partial charge on any atom is 0.338 e. The minimum atomic E-state index is -0.160. The summed E-state index contributed by atoms with van der Waals surface area (Å²) in [5, 5.41) is 0. The fourth-order valence-corrected chi connectivity index (χ4v) is 10.2. The summed E-state index contributed by atoms with van der Waals surface area (Å²) in [7, 11) is 0. The summed E-state index contributed by atoms with van der Waals surface area (Å²) < 4.78 is 6.02. The highest BCUT2D eigenvalue weighted by Crippen LogP contribution is 2.67. The van der Waals surface area contributed by atoms with Crippen LogP contribution in [0.2, 0.25) is 0 Å². The predicted molar refractivity (Wildman–Crippen MR) is 158 cm³/mol. The van der Waals surface area contributed by atoms with Crippen molar-refractivity contribution in [3.05, 3.63) is 47.5 Å². The molecule has 0 unspecified atom stereocenters. The molecule has 2 heteroatoms. The second kappa shape index (κ2) is 11.1. The van der Waals surface area contributed by atoms with E-state index in [-0.39, 0.29) is 12.1 Å². The fraction of sp³-hybridized carbons (Fsp3) is 0.750. The molecule has 0 N–H and O–H groups in total. The number of esters is 1. The summed E-state index contributed by atoms with van der Waals surface area (Å²) in [5.74, 6) is 5.86. The van der Waals surface area contributed by atoms with E-state index < -0.39 is 0 Å². The summed E-state index contributed by atoms with van der Waals surface area (Å²) in [5.41, 5.74) is 3.10. The van der Waals surface area contributed by atoms with Crippen LogP contribution in [0.3, 0.4) is 0 Å². The molecular weight excluding hydrogens is 464 g/mol. The molecule has 0 aromatic heterocycles. The van der Waals surface area contributed by atoms with Crippen molar-refractivity contribution >= 4 is 5.97 Å². The monoisotopic (exact) mass is 518 g/mol. The van der Waals surface area contributed by atoms with Crippen LogP contribution in [0.25, 0.3) is 0 Å². The lowest BCUT2D eigenvalue weighted by atomic mass is 9.47. The van der Waals surface area contributed by atoms with Crippen LogP contribution in [0, 0.1) is 52.3 Å². The van der Waals surface area contributed by atoms with Crippen LogP contribution < -0.4 is 0 Å². The van der Waals surface area contributed by atoms with Gasteiger partial charge in [0.2, 0.25) is 0 Å². The number of allylic oxidation sites excluding steroid dienone is 1. The molecule has 0 aliphatic heterocycles. The number of carbonyl (C=O) groups excluding carboxylic acids is 1. The third kappa shape index (κ3) is 5.03. The highest BCUT2D eigenvalue weighted by molar-refractivity contribution is 5.89. The van der Waals surface area contributed by atoms with Gasteiger partial charge < -0.3 is 4.74 Å². The van der Waals surface area contributed by atoms with Crippen LogP contribution in [0.5, 0.6) is 0 Å². The molecule has 4 aliphatic rings. The molecule has 0 heterocycles. The standard InChI is InChI=1S/C36H54O2/c1-7-26(24(2)3)14-13-25(4)31-17-18-32-30-16-15-28-23-29(38-34(37)27-11-9-8-10-12-27)19-21-35(28,5)33(30)20-22-36(31,32)6/h8-12,15,24-26,29-33H,7,13-14,16-23H2,1-6H3/t25-,26-,29+,30+,31-,32+,33+,35+,36-/m1/s1. The van der Waals surface area contributed by atoms with Crippen molar-refractivity contribution in [2.45, 2.75) is 118 Å². The van der Waals surface area contributed by atoms with Gasteiger partial charge in [-0.05, 0) is 116 Å². The number of rotatable bonds is 8. The molecular formula is C36H54O2. The van der Waals surface area contributed by atoms with Gasteiger partial charge in [0.25, 0.3) is 0 Å². The highest BCUT2D eigenvalue weighted by atomic mass is 16.5. The molecule has 0 amide bonds. The second-order valence-electron chi connectivity index (χ2n) is 14.6. The normalized spacial score (nSPS) is 38.0. The quantitative estimate of drug-likeness (QED) is 0.253. The molecule has 3 saturated carbocycles. The predicted octanol–water partition coefficient (Wildman–Crippen LogP) is 9.89. The lowest BCUT2D eigenvalue weighted by Crippen LogP contribution is -2.51. The second-order valence-corrected chi connectivity index (χ2v) is 14.6. The molecule has 9 atom stereocenters. The van der Waals surface area contributed by atoms with Crippen LogP contribution in [0.4, 0.5) is 0 Å². The summed E-state index contributed by atoms with van der Waals surface area (Å²) in [6.45, 7) is 15.1. The summed E-state index contributed by atoms with van der Waals surface area (Å²) >= 11 is 0. The van der Waals surface area contributed by atoms with Gasteiger partial charge in [-0.2, -0.15) is 0 Å². The topological polar surface area (TPSA) is 26.3 Å². The van der Waals surface area contributed by atoms with E-state index in [4.69, 9.17) is 4.74 Å². The van der Waals surface area contributed by atoms with E-state index in [1.165, 1.54) is 57.8 Å². The summed E-state index contributed by atoms with van der Waals surface area (Å²) in [6.07, 6.45) is 16.9. The zero-order valence-electron chi connectivity index (χ0n) is 25.2. The van der Waals surface area contributed by atoms with Crippen molar-refractivity contribution in [1.29, 1.82) is 0 Å². The fourth-order valence-electron chi connectivity index (χ4n) is 10.2. The molecule has 0 radical (unpaired) electrons. The third-order valence-corrected chi connectivity index (χ3v) is 12.6. The largest absolute Gasteiger partial charge is 0.458 e. The van der Waals surface area contributed by atoms with Gasteiger partial charge in [-0.3, -0.25) is 0 Å². The van der Waals surface area contributed by atoms with Crippen LogP contribution in [-0.2, 0) is 4.74 Å². The molecule has 38 heavy (non-hydrogen) atoms. The average molecular weight is 519 g/mol. The first-order chi connectivity index (χ1) is 18.2. The van der Waals surface area contributed by atoms with Gasteiger partial charge in [0.1, 0.15) is 6.10 Å². The van der Waals surface area contributed by atoms with E-state index in [9.17, 15) is 4.79 Å². The van der Waals surface area contributed by atoms with Crippen molar-refractivity contribution in [1.82, 2.24) is 0 Å². The van der Waals surface area contributed by atoms with E-state index in [1.54, 1.807) is 5.57 Å². The number of carbonyl (C=O) groups is 1. The molecule has 1 aromatic carbocycles. The van der Waals surface area contributed by atoms with E-state index >= 15 is 0 Å². The van der Waals surface area contributed by atoms with E-state index in [1.807, 2.05) is 30.3 Å². The van der Waals surface area contributed by atoms with Gasteiger partial charge in [-0.1, -0.05) is 84.2 Å². The molecule has 2 nitrogen and oxygen atoms in total. The zero-order chi connectivity index (χ0) is 27.1. The van der Waals surface area contributed by atoms with Crippen molar-refractivity contribution in [2.24, 2.45) is 52.3 Å². The smallest absolute Gasteiger partial charge is 0.338 e. The third-order valence-electron chi connectivity index (χ3n) is 12.6. The van der Waals surface area contributed by atoms with Crippen LogP contribution >= 0.6 is 0 Å². The van der Waals surface area contributed by atoms with E-state index in [0.717, 1.165) is 54.3 Å². The molecule has 3 fully saturated rings. The minimum Gasteiger partial charge on any atom is -0.458 e. The molecule has 210 valence electrons. The first-order valence-electron chi connectivity index (χ1n) is 16.1. The Morgan fingerprint density at radius 3 is 2.45 bits per heavy atom. The lowest BCUT2D eigenvalue weighted by molar-refractivity contribution is -0.0596. The Balaban J connectivity index is 1.25. The minimum absolute atomic E-state index is 0.0296. The molecule has 0 bridgehead atoms. The Morgan fingerprint density at radius 1 is 0.974 bits per heavy atom. The van der Waals surface area contributed by atoms with Crippen LogP contribution in [-0.4, -0.2) is 12.1 Å². The van der Waals surface area contributed by atoms with Gasteiger partial charge in [0.15, 0.2) is 0 Å². The Labute approximate surface area is 233 Å². The van der Waals surface area contributed by atoms with Crippen LogP contribution in [0.15, 0.2) is 42.0 Å². The Morgan fingerprint density at radius 2 is 1.74 bits per heavy atom. The Bertz CT molecular complexity index is 994. The van der Waals surface area contributed by atoms with E-state index in [0.29, 0.717) is 16.4 Å². The number of ether oxygens (including phenoxy) is 1. The molecule has 4 aliphatic carbocycles. The number of fused-ring (bicyclic) bond motifs is 5. The van der Waals surface area contributed by atoms with Gasteiger partial charge in [-0.15, -0.1) is 0 Å². The molecule has 1 aromatic rings. The van der Waals surface area contributed by atoms with Crippen LogP contribution in [0.1, 0.15) is 123 Å². The van der Waals surface area contributed by atoms with Gasteiger partial charge in [0, 0.05) is 6.42 Å². The van der Waals surface area contributed by atoms with Gasteiger partial charge in [-0.25, -0.2) is 4.79 Å².